The minimum atomic E-state index is 0.469. The zero-order valence-corrected chi connectivity index (χ0v) is 13.1. The van der Waals surface area contributed by atoms with Crippen molar-refractivity contribution in [2.75, 3.05) is 36.0 Å². The van der Waals surface area contributed by atoms with Gasteiger partial charge in [0, 0.05) is 43.8 Å². The van der Waals surface area contributed by atoms with Crippen LogP contribution in [0, 0.1) is 6.92 Å². The molecule has 3 rings (SSSR count). The fourth-order valence-corrected chi connectivity index (χ4v) is 2.93. The third kappa shape index (κ3) is 3.30. The summed E-state index contributed by atoms with van der Waals surface area (Å²) >= 11 is 5.87. The maximum atomic E-state index is 5.87. The van der Waals surface area contributed by atoms with Crippen LogP contribution in [0.3, 0.4) is 0 Å². The molecule has 2 aromatic rings. The average Bonchev–Trinajstić information content (AvgIpc) is 2.55. The molecule has 3 nitrogen and oxygen atoms in total. The van der Waals surface area contributed by atoms with E-state index in [9.17, 15) is 0 Å². The molecule has 1 aromatic carbocycles. The van der Waals surface area contributed by atoms with Crippen molar-refractivity contribution in [2.45, 2.75) is 12.8 Å². The summed E-state index contributed by atoms with van der Waals surface area (Å²) in [5, 5.41) is 0. The first-order valence-electron chi connectivity index (χ1n) is 7.34. The fraction of sp³-hybridized carbons (Fsp3) is 0.353. The van der Waals surface area contributed by atoms with Gasteiger partial charge in [0.25, 0.3) is 0 Å². The van der Waals surface area contributed by atoms with Gasteiger partial charge in [-0.3, -0.25) is 4.98 Å². The third-order valence-electron chi connectivity index (χ3n) is 3.95. The van der Waals surface area contributed by atoms with Crippen LogP contribution in [-0.4, -0.2) is 31.2 Å². The van der Waals surface area contributed by atoms with E-state index in [1.54, 1.807) is 0 Å². The molecule has 0 N–H and O–H groups in total. The molecular weight excluding hydrogens is 282 g/mol. The highest BCUT2D eigenvalue weighted by Crippen LogP contribution is 2.21. The van der Waals surface area contributed by atoms with Gasteiger partial charge in [-0.15, -0.1) is 11.6 Å². The van der Waals surface area contributed by atoms with Gasteiger partial charge in [0.05, 0.1) is 11.6 Å². The number of benzene rings is 1. The quantitative estimate of drug-likeness (QED) is 0.810. The first kappa shape index (κ1) is 14.2. The number of nitrogens with zero attached hydrogens (tertiary/aromatic N) is 3. The largest absolute Gasteiger partial charge is 0.368 e. The number of aryl methyl sites for hydroxylation is 1. The molecule has 0 spiro atoms. The van der Waals surface area contributed by atoms with Crippen molar-refractivity contribution in [1.29, 1.82) is 0 Å². The summed E-state index contributed by atoms with van der Waals surface area (Å²) in [5.41, 5.74) is 4.81. The molecule has 0 radical (unpaired) electrons. The van der Waals surface area contributed by atoms with Crippen molar-refractivity contribution in [3.05, 3.63) is 53.9 Å². The van der Waals surface area contributed by atoms with Gasteiger partial charge >= 0.3 is 0 Å². The van der Waals surface area contributed by atoms with E-state index < -0.39 is 0 Å². The van der Waals surface area contributed by atoms with Crippen LogP contribution >= 0.6 is 11.6 Å². The number of aromatic nitrogens is 1. The molecule has 21 heavy (non-hydrogen) atoms. The van der Waals surface area contributed by atoms with Gasteiger partial charge in [0.15, 0.2) is 0 Å². The summed E-state index contributed by atoms with van der Waals surface area (Å²) in [6, 6.07) is 12.9. The molecule has 0 unspecified atom stereocenters. The van der Waals surface area contributed by atoms with Crippen molar-refractivity contribution in [3.8, 4) is 0 Å². The molecule has 0 aliphatic carbocycles. The number of hydrogen-bond donors (Lipinski definition) is 0. The van der Waals surface area contributed by atoms with Gasteiger partial charge < -0.3 is 9.80 Å². The maximum Gasteiger partial charge on any atom is 0.0648 e. The summed E-state index contributed by atoms with van der Waals surface area (Å²) in [6.07, 6.45) is 1.85. The Hall–Kier alpha value is -1.74. The lowest BCUT2D eigenvalue weighted by atomic mass is 10.2. The second-order valence-corrected chi connectivity index (χ2v) is 5.72. The van der Waals surface area contributed by atoms with E-state index in [0.717, 1.165) is 31.9 Å². The fourth-order valence-electron chi connectivity index (χ4n) is 2.78. The Morgan fingerprint density at radius 1 is 1.00 bits per heavy atom. The highest BCUT2D eigenvalue weighted by molar-refractivity contribution is 6.16. The molecule has 0 saturated carbocycles. The second kappa shape index (κ2) is 6.35. The molecule has 1 fully saturated rings. The summed E-state index contributed by atoms with van der Waals surface area (Å²) < 4.78 is 0. The van der Waals surface area contributed by atoms with E-state index in [1.807, 2.05) is 6.20 Å². The zero-order valence-electron chi connectivity index (χ0n) is 12.3. The number of pyridine rings is 1. The maximum absolute atomic E-state index is 5.87. The number of hydrogen-bond acceptors (Lipinski definition) is 3. The molecule has 1 aliphatic rings. The molecule has 2 heterocycles. The first-order chi connectivity index (χ1) is 10.3. The minimum Gasteiger partial charge on any atom is -0.368 e. The summed E-state index contributed by atoms with van der Waals surface area (Å²) in [5.74, 6) is 0.469. The summed E-state index contributed by atoms with van der Waals surface area (Å²) in [6.45, 7) is 6.29. The average molecular weight is 302 g/mol. The van der Waals surface area contributed by atoms with Gasteiger partial charge in [0.2, 0.25) is 0 Å². The van der Waals surface area contributed by atoms with Crippen molar-refractivity contribution < 1.29 is 0 Å². The van der Waals surface area contributed by atoms with Crippen LogP contribution in [0.5, 0.6) is 0 Å². The van der Waals surface area contributed by atoms with E-state index in [4.69, 9.17) is 11.6 Å². The van der Waals surface area contributed by atoms with Crippen LogP contribution in [0.4, 0.5) is 11.4 Å². The number of halogens is 1. The van der Waals surface area contributed by atoms with Crippen LogP contribution in [0.2, 0.25) is 0 Å². The van der Waals surface area contributed by atoms with E-state index in [-0.39, 0.29) is 0 Å². The molecule has 1 aliphatic heterocycles. The van der Waals surface area contributed by atoms with Crippen molar-refractivity contribution in [3.63, 3.8) is 0 Å². The van der Waals surface area contributed by atoms with Crippen LogP contribution in [0.15, 0.2) is 42.6 Å². The lowest BCUT2D eigenvalue weighted by Gasteiger charge is -2.37. The van der Waals surface area contributed by atoms with Gasteiger partial charge in [-0.05, 0) is 36.8 Å². The van der Waals surface area contributed by atoms with Crippen LogP contribution in [-0.2, 0) is 5.88 Å². The normalized spacial score (nSPS) is 15.3. The Bertz CT molecular complexity index is 606. The third-order valence-corrected chi connectivity index (χ3v) is 4.22. The van der Waals surface area contributed by atoms with Crippen molar-refractivity contribution in [2.24, 2.45) is 0 Å². The molecule has 0 amide bonds. The monoisotopic (exact) mass is 301 g/mol. The molecule has 1 aromatic heterocycles. The molecule has 0 atom stereocenters. The first-order valence-corrected chi connectivity index (χ1v) is 7.87. The SMILES string of the molecule is Cc1cccc(N2CCN(c3ccnc(CCl)c3)CC2)c1. The predicted molar refractivity (Wildman–Crippen MR) is 89.4 cm³/mol. The number of piperazine rings is 1. The number of anilines is 2. The lowest BCUT2D eigenvalue weighted by Crippen LogP contribution is -2.46. The molecule has 110 valence electrons. The Kier molecular flexibility index (Phi) is 4.30. The standard InChI is InChI=1S/C17H20ClN3/c1-14-3-2-4-16(11-14)20-7-9-21(10-8-20)17-5-6-19-15(12-17)13-18/h2-6,11-12H,7-10,13H2,1H3. The molecular formula is C17H20ClN3. The van der Waals surface area contributed by atoms with Crippen molar-refractivity contribution >= 4 is 23.0 Å². The van der Waals surface area contributed by atoms with Crippen LogP contribution < -0.4 is 9.80 Å². The van der Waals surface area contributed by atoms with E-state index in [0.29, 0.717) is 5.88 Å². The summed E-state index contributed by atoms with van der Waals surface area (Å²) in [7, 11) is 0. The van der Waals surface area contributed by atoms with E-state index in [1.165, 1.54) is 16.9 Å². The number of rotatable bonds is 3. The Morgan fingerprint density at radius 3 is 2.29 bits per heavy atom. The Labute approximate surface area is 131 Å². The second-order valence-electron chi connectivity index (χ2n) is 5.45. The molecule has 0 bridgehead atoms. The van der Waals surface area contributed by atoms with E-state index in [2.05, 4.69) is 58.1 Å². The van der Waals surface area contributed by atoms with Gasteiger partial charge in [0.1, 0.15) is 0 Å². The smallest absolute Gasteiger partial charge is 0.0648 e. The van der Waals surface area contributed by atoms with Gasteiger partial charge in [-0.2, -0.15) is 0 Å². The van der Waals surface area contributed by atoms with Crippen LogP contribution in [0.25, 0.3) is 0 Å². The zero-order chi connectivity index (χ0) is 14.7. The molecule has 4 heteroatoms. The predicted octanol–water partition coefficient (Wildman–Crippen LogP) is 3.46. The minimum absolute atomic E-state index is 0.469. The highest BCUT2D eigenvalue weighted by Gasteiger charge is 2.17. The number of alkyl halides is 1. The molecule has 1 saturated heterocycles. The Balaban J connectivity index is 1.67. The van der Waals surface area contributed by atoms with Gasteiger partial charge in [-0.25, -0.2) is 0 Å². The topological polar surface area (TPSA) is 19.4 Å². The van der Waals surface area contributed by atoms with Crippen molar-refractivity contribution in [1.82, 2.24) is 4.98 Å². The van der Waals surface area contributed by atoms with E-state index >= 15 is 0 Å². The van der Waals surface area contributed by atoms with Gasteiger partial charge in [-0.1, -0.05) is 12.1 Å². The van der Waals surface area contributed by atoms with Crippen LogP contribution in [0.1, 0.15) is 11.3 Å². The lowest BCUT2D eigenvalue weighted by molar-refractivity contribution is 0.653. The summed E-state index contributed by atoms with van der Waals surface area (Å²) in [4.78, 5) is 9.11. The highest BCUT2D eigenvalue weighted by atomic mass is 35.5. The Morgan fingerprint density at radius 2 is 1.67 bits per heavy atom.